The molecule has 0 aliphatic heterocycles. The number of hydrogen-bond donors (Lipinski definition) is 1. The van der Waals surface area contributed by atoms with E-state index in [0.29, 0.717) is 16.7 Å². The highest BCUT2D eigenvalue weighted by atomic mass is 32.2. The Hall–Kier alpha value is -1.27. The minimum Gasteiger partial charge on any atom is -0.315 e. The van der Waals surface area contributed by atoms with Crippen molar-refractivity contribution in [2.75, 3.05) is 12.3 Å². The fraction of sp³-hybridized carbons (Fsp3) is 0.538. The van der Waals surface area contributed by atoms with Gasteiger partial charge in [0.2, 0.25) is 0 Å². The Morgan fingerprint density at radius 1 is 1.37 bits per heavy atom. The Kier molecular flexibility index (Phi) is 6.66. The number of rotatable bonds is 8. The van der Waals surface area contributed by atoms with Gasteiger partial charge in [-0.3, -0.25) is 14.3 Å². The zero-order chi connectivity index (χ0) is 14.3. The average molecular weight is 284 g/mol. The predicted octanol–water partition coefficient (Wildman–Crippen LogP) is 2.48. The van der Waals surface area contributed by atoms with Gasteiger partial charge in [-0.2, -0.15) is 0 Å². The summed E-state index contributed by atoms with van der Waals surface area (Å²) in [6.45, 7) is 5.11. The van der Waals surface area contributed by atoms with Crippen molar-refractivity contribution in [2.24, 2.45) is 0 Å². The summed E-state index contributed by atoms with van der Waals surface area (Å²) in [6.07, 6.45) is 1.85. The first kappa shape index (κ1) is 15.8. The molecule has 0 amide bonds. The molecule has 106 valence electrons. The maximum Gasteiger partial charge on any atom is 0.269 e. The van der Waals surface area contributed by atoms with Crippen LogP contribution in [0.15, 0.2) is 29.2 Å². The maximum absolute atomic E-state index is 12.0. The first-order valence-electron chi connectivity index (χ1n) is 6.40. The van der Waals surface area contributed by atoms with Gasteiger partial charge in [-0.25, -0.2) is 0 Å². The molecule has 1 aromatic rings. The third kappa shape index (κ3) is 5.48. The van der Waals surface area contributed by atoms with Gasteiger partial charge < -0.3 is 5.32 Å². The molecule has 0 fully saturated rings. The van der Waals surface area contributed by atoms with Gasteiger partial charge in [0, 0.05) is 28.8 Å². The molecule has 2 unspecified atom stereocenters. The van der Waals surface area contributed by atoms with Crippen molar-refractivity contribution in [1.82, 2.24) is 5.32 Å². The van der Waals surface area contributed by atoms with Crippen LogP contribution in [0.4, 0.5) is 5.69 Å². The van der Waals surface area contributed by atoms with E-state index >= 15 is 0 Å². The molecule has 0 aromatic heterocycles. The molecule has 1 aromatic carbocycles. The maximum atomic E-state index is 12.0. The van der Waals surface area contributed by atoms with Gasteiger partial charge in [-0.15, -0.1) is 0 Å². The van der Waals surface area contributed by atoms with Crippen LogP contribution >= 0.6 is 0 Å². The van der Waals surface area contributed by atoms with Crippen LogP contribution in [0.25, 0.3) is 0 Å². The number of nitro groups is 1. The van der Waals surface area contributed by atoms with Crippen LogP contribution in [0.3, 0.4) is 0 Å². The number of nitrogens with zero attached hydrogens (tertiary/aromatic N) is 1. The van der Waals surface area contributed by atoms with E-state index in [4.69, 9.17) is 0 Å². The van der Waals surface area contributed by atoms with Gasteiger partial charge in [-0.05, 0) is 38.4 Å². The van der Waals surface area contributed by atoms with E-state index in [9.17, 15) is 14.3 Å². The summed E-state index contributed by atoms with van der Waals surface area (Å²) in [5.74, 6) is 0.591. The van der Waals surface area contributed by atoms with Crippen molar-refractivity contribution < 1.29 is 9.13 Å². The highest BCUT2D eigenvalue weighted by molar-refractivity contribution is 7.85. The lowest BCUT2D eigenvalue weighted by molar-refractivity contribution is -0.384. The Labute approximate surface area is 116 Å². The normalized spacial score (nSPS) is 14.0. The van der Waals surface area contributed by atoms with E-state index in [2.05, 4.69) is 19.2 Å². The van der Waals surface area contributed by atoms with Crippen LogP contribution in [0.1, 0.15) is 26.7 Å². The average Bonchev–Trinajstić information content (AvgIpc) is 2.39. The van der Waals surface area contributed by atoms with Gasteiger partial charge in [0.15, 0.2) is 0 Å². The van der Waals surface area contributed by atoms with Crippen LogP contribution in [0.5, 0.6) is 0 Å². The molecule has 5 nitrogen and oxygen atoms in total. The number of hydrogen-bond acceptors (Lipinski definition) is 4. The fourth-order valence-corrected chi connectivity index (χ4v) is 2.91. The molecule has 0 bridgehead atoms. The third-order valence-electron chi connectivity index (χ3n) is 2.83. The molecule has 0 aliphatic rings. The van der Waals surface area contributed by atoms with Gasteiger partial charge in [0.25, 0.3) is 5.69 Å². The van der Waals surface area contributed by atoms with E-state index in [-0.39, 0.29) is 5.69 Å². The van der Waals surface area contributed by atoms with E-state index in [0.717, 1.165) is 19.4 Å². The summed E-state index contributed by atoms with van der Waals surface area (Å²) in [6, 6.07) is 6.37. The highest BCUT2D eigenvalue weighted by Gasteiger charge is 2.09. The predicted molar refractivity (Wildman–Crippen MR) is 76.7 cm³/mol. The summed E-state index contributed by atoms with van der Waals surface area (Å²) in [4.78, 5) is 10.7. The Balaban J connectivity index is 2.43. The Bertz CT molecular complexity index is 434. The van der Waals surface area contributed by atoms with Gasteiger partial charge in [0.1, 0.15) is 0 Å². The van der Waals surface area contributed by atoms with Crippen molar-refractivity contribution in [3.63, 3.8) is 0 Å². The van der Waals surface area contributed by atoms with Crippen molar-refractivity contribution in [1.29, 1.82) is 0 Å². The molecule has 0 spiro atoms. The third-order valence-corrected chi connectivity index (χ3v) is 4.29. The summed E-state index contributed by atoms with van der Waals surface area (Å²) in [5.41, 5.74) is 0.0292. The SMILES string of the molecule is CCNC(C)CCCS(=O)c1ccc([N+](=O)[O-])cc1. The lowest BCUT2D eigenvalue weighted by atomic mass is 10.2. The highest BCUT2D eigenvalue weighted by Crippen LogP contribution is 2.15. The summed E-state index contributed by atoms with van der Waals surface area (Å²) < 4.78 is 12.0. The number of nitrogens with one attached hydrogen (secondary N) is 1. The van der Waals surface area contributed by atoms with Crippen LogP contribution in [0, 0.1) is 10.1 Å². The first-order chi connectivity index (χ1) is 9.04. The fourth-order valence-electron chi connectivity index (χ4n) is 1.81. The van der Waals surface area contributed by atoms with Crippen LogP contribution in [0.2, 0.25) is 0 Å². The number of non-ortho nitro benzene ring substituents is 1. The number of nitro benzene ring substituents is 1. The monoisotopic (exact) mass is 284 g/mol. The molecular formula is C13H20N2O3S. The van der Waals surface area contributed by atoms with E-state index < -0.39 is 15.7 Å². The summed E-state index contributed by atoms with van der Waals surface area (Å²) in [5, 5.41) is 13.8. The van der Waals surface area contributed by atoms with E-state index in [1.54, 1.807) is 12.1 Å². The second-order valence-corrected chi connectivity index (χ2v) is 5.97. The lowest BCUT2D eigenvalue weighted by Gasteiger charge is -2.11. The molecule has 2 atom stereocenters. The Morgan fingerprint density at radius 3 is 2.53 bits per heavy atom. The molecule has 0 radical (unpaired) electrons. The topological polar surface area (TPSA) is 72.2 Å². The smallest absolute Gasteiger partial charge is 0.269 e. The quantitative estimate of drug-likeness (QED) is 0.588. The zero-order valence-electron chi connectivity index (χ0n) is 11.3. The second kappa shape index (κ2) is 8.01. The van der Waals surface area contributed by atoms with Crippen LogP contribution < -0.4 is 5.32 Å². The largest absolute Gasteiger partial charge is 0.315 e. The molecule has 0 saturated heterocycles. The van der Waals surface area contributed by atoms with Crippen LogP contribution in [-0.2, 0) is 10.8 Å². The second-order valence-electron chi connectivity index (χ2n) is 4.40. The van der Waals surface area contributed by atoms with Gasteiger partial charge >= 0.3 is 0 Å². The van der Waals surface area contributed by atoms with Crippen molar-refractivity contribution in [3.8, 4) is 0 Å². The number of benzene rings is 1. The molecule has 0 saturated carbocycles. The zero-order valence-corrected chi connectivity index (χ0v) is 12.1. The molecule has 1 N–H and O–H groups in total. The summed E-state index contributed by atoms with van der Waals surface area (Å²) in [7, 11) is -1.08. The molecule has 0 heterocycles. The van der Waals surface area contributed by atoms with E-state index in [1.165, 1.54) is 12.1 Å². The first-order valence-corrected chi connectivity index (χ1v) is 7.72. The van der Waals surface area contributed by atoms with Gasteiger partial charge in [0.05, 0.1) is 15.7 Å². The molecule has 19 heavy (non-hydrogen) atoms. The van der Waals surface area contributed by atoms with Crippen molar-refractivity contribution in [2.45, 2.75) is 37.6 Å². The van der Waals surface area contributed by atoms with Crippen molar-refractivity contribution >= 4 is 16.5 Å². The van der Waals surface area contributed by atoms with Gasteiger partial charge in [-0.1, -0.05) is 6.92 Å². The van der Waals surface area contributed by atoms with E-state index in [1.807, 2.05) is 0 Å². The minimum absolute atomic E-state index is 0.0292. The minimum atomic E-state index is -1.08. The molecule has 6 heteroatoms. The molecule has 1 rings (SSSR count). The standard InChI is InChI=1S/C13H20N2O3S/c1-3-14-11(2)5-4-10-19(18)13-8-6-12(7-9-13)15(16)17/h6-9,11,14H,3-5,10H2,1-2H3. The van der Waals surface area contributed by atoms with Crippen LogP contribution in [-0.4, -0.2) is 27.5 Å². The molecule has 0 aliphatic carbocycles. The lowest BCUT2D eigenvalue weighted by Crippen LogP contribution is -2.25. The molecular weight excluding hydrogens is 264 g/mol. The Morgan fingerprint density at radius 2 is 2.00 bits per heavy atom. The summed E-state index contributed by atoms with van der Waals surface area (Å²) >= 11 is 0. The van der Waals surface area contributed by atoms with Crippen molar-refractivity contribution in [3.05, 3.63) is 34.4 Å².